The maximum absolute atomic E-state index is 5.32. The molecule has 0 heterocycles. The fourth-order valence-corrected chi connectivity index (χ4v) is 3.17. The van der Waals surface area contributed by atoms with E-state index in [0.717, 1.165) is 11.8 Å². The van der Waals surface area contributed by atoms with Crippen LogP contribution in [-0.2, 0) is 6.42 Å². The molecule has 0 saturated heterocycles. The minimum Gasteiger partial charge on any atom is -0.115 e. The molecule has 16 heavy (non-hydrogen) atoms. The predicted octanol–water partition coefficient (Wildman–Crippen LogP) is 4.80. The SMILES string of the molecule is C#Cc1ccc(CCCCCCPI)cc1. The van der Waals surface area contributed by atoms with Gasteiger partial charge in [-0.05, 0) is 43.1 Å². The lowest BCUT2D eigenvalue weighted by Gasteiger charge is -2.02. The van der Waals surface area contributed by atoms with Gasteiger partial charge in [-0.25, -0.2) is 0 Å². The van der Waals surface area contributed by atoms with Crippen molar-refractivity contribution in [2.24, 2.45) is 0 Å². The highest BCUT2D eigenvalue weighted by molar-refractivity contribution is 14.2. The van der Waals surface area contributed by atoms with E-state index in [4.69, 9.17) is 6.42 Å². The Morgan fingerprint density at radius 3 is 2.38 bits per heavy atom. The van der Waals surface area contributed by atoms with Crippen molar-refractivity contribution in [3.05, 3.63) is 35.4 Å². The molecule has 0 bridgehead atoms. The van der Waals surface area contributed by atoms with Gasteiger partial charge in [-0.1, -0.05) is 59.2 Å². The van der Waals surface area contributed by atoms with Gasteiger partial charge in [0, 0.05) is 5.56 Å². The Balaban J connectivity index is 2.15. The average Bonchev–Trinajstić information content (AvgIpc) is 2.34. The van der Waals surface area contributed by atoms with Crippen LogP contribution in [0.2, 0.25) is 0 Å². The van der Waals surface area contributed by atoms with E-state index in [1.165, 1.54) is 43.8 Å². The van der Waals surface area contributed by atoms with Gasteiger partial charge in [0.2, 0.25) is 0 Å². The highest BCUT2D eigenvalue weighted by Gasteiger charge is 1.94. The molecule has 1 aromatic rings. The summed E-state index contributed by atoms with van der Waals surface area (Å²) in [6.45, 7) is 0. The average molecular weight is 344 g/mol. The molecule has 0 aliphatic heterocycles. The first-order chi connectivity index (χ1) is 7.86. The Morgan fingerprint density at radius 1 is 1.06 bits per heavy atom. The standard InChI is InChI=1S/C14H18IP/c1-2-13-8-10-14(11-9-13)7-5-3-4-6-12-16-15/h1,8-11,16H,3-7,12H2. The van der Waals surface area contributed by atoms with E-state index >= 15 is 0 Å². The number of benzene rings is 1. The Labute approximate surface area is 114 Å². The topological polar surface area (TPSA) is 0 Å². The molecular weight excluding hydrogens is 326 g/mol. The maximum Gasteiger partial charge on any atom is 0.0242 e. The summed E-state index contributed by atoms with van der Waals surface area (Å²) in [5, 5.41) is 0. The lowest BCUT2D eigenvalue weighted by Crippen LogP contribution is -1.87. The van der Waals surface area contributed by atoms with Crippen LogP contribution in [0.5, 0.6) is 0 Å². The molecule has 0 radical (unpaired) electrons. The van der Waals surface area contributed by atoms with E-state index in [1.807, 2.05) is 12.1 Å². The molecule has 0 fully saturated rings. The highest BCUT2D eigenvalue weighted by atomic mass is 127. The monoisotopic (exact) mass is 344 g/mol. The van der Waals surface area contributed by atoms with Crippen LogP contribution in [0.1, 0.15) is 36.8 Å². The number of terminal acetylenes is 1. The van der Waals surface area contributed by atoms with Crippen LogP contribution in [-0.4, -0.2) is 6.16 Å². The molecule has 0 amide bonds. The van der Waals surface area contributed by atoms with E-state index in [-0.39, 0.29) is 0 Å². The van der Waals surface area contributed by atoms with Crippen molar-refractivity contribution in [1.29, 1.82) is 0 Å². The molecule has 0 aliphatic carbocycles. The third-order valence-electron chi connectivity index (χ3n) is 2.61. The third kappa shape index (κ3) is 5.87. The normalized spacial score (nSPS) is 10.8. The first kappa shape index (κ1) is 14.0. The molecule has 0 N–H and O–H groups in total. The molecule has 0 spiro atoms. The van der Waals surface area contributed by atoms with Crippen LogP contribution < -0.4 is 0 Å². The summed E-state index contributed by atoms with van der Waals surface area (Å²) in [5.41, 5.74) is 2.39. The summed E-state index contributed by atoms with van der Waals surface area (Å²) in [7, 11) is 0. The van der Waals surface area contributed by atoms with Crippen molar-refractivity contribution in [2.45, 2.75) is 32.1 Å². The maximum atomic E-state index is 5.32. The van der Waals surface area contributed by atoms with Crippen molar-refractivity contribution in [3.8, 4) is 12.3 Å². The predicted molar refractivity (Wildman–Crippen MR) is 83.8 cm³/mol. The Morgan fingerprint density at radius 2 is 1.75 bits per heavy atom. The molecule has 2 heteroatoms. The highest BCUT2D eigenvalue weighted by Crippen LogP contribution is 2.22. The molecule has 1 rings (SSSR count). The van der Waals surface area contributed by atoms with Crippen LogP contribution in [0.15, 0.2) is 24.3 Å². The van der Waals surface area contributed by atoms with E-state index in [9.17, 15) is 0 Å². The molecule has 1 atom stereocenters. The number of unbranched alkanes of at least 4 members (excludes halogenated alkanes) is 3. The van der Waals surface area contributed by atoms with Gasteiger partial charge in [0.1, 0.15) is 0 Å². The van der Waals surface area contributed by atoms with E-state index in [2.05, 4.69) is 40.1 Å². The van der Waals surface area contributed by atoms with Crippen LogP contribution in [0.3, 0.4) is 0 Å². The summed E-state index contributed by atoms with van der Waals surface area (Å²) in [5.74, 6) is 2.64. The number of hydrogen-bond donors (Lipinski definition) is 0. The lowest BCUT2D eigenvalue weighted by atomic mass is 10.0. The van der Waals surface area contributed by atoms with E-state index < -0.39 is 0 Å². The second-order valence-corrected chi connectivity index (χ2v) is 6.94. The van der Waals surface area contributed by atoms with Crippen LogP contribution in [0, 0.1) is 12.3 Å². The van der Waals surface area contributed by atoms with Crippen LogP contribution >= 0.6 is 28.3 Å². The third-order valence-corrected chi connectivity index (χ3v) is 4.77. The Bertz CT molecular complexity index is 324. The molecule has 1 aromatic carbocycles. The summed E-state index contributed by atoms with van der Waals surface area (Å²) in [6.07, 6.45) is 14.5. The van der Waals surface area contributed by atoms with E-state index in [0.29, 0.717) is 0 Å². The largest absolute Gasteiger partial charge is 0.115 e. The quantitative estimate of drug-likeness (QED) is 0.289. The van der Waals surface area contributed by atoms with Gasteiger partial charge >= 0.3 is 0 Å². The first-order valence-electron chi connectivity index (χ1n) is 5.76. The van der Waals surface area contributed by atoms with Crippen molar-refractivity contribution in [3.63, 3.8) is 0 Å². The minimum absolute atomic E-state index is 0.979. The van der Waals surface area contributed by atoms with Crippen molar-refractivity contribution < 1.29 is 0 Å². The summed E-state index contributed by atoms with van der Waals surface area (Å²) in [4.78, 5) is 0. The molecule has 0 nitrogen and oxygen atoms in total. The molecule has 0 aliphatic rings. The van der Waals surface area contributed by atoms with Crippen LogP contribution in [0.25, 0.3) is 0 Å². The fourth-order valence-electron chi connectivity index (χ4n) is 1.64. The summed E-state index contributed by atoms with van der Waals surface area (Å²) < 4.78 is 0. The molecule has 86 valence electrons. The van der Waals surface area contributed by atoms with Crippen molar-refractivity contribution >= 4 is 28.3 Å². The second-order valence-electron chi connectivity index (χ2n) is 3.89. The number of aryl methyl sites for hydroxylation is 1. The van der Waals surface area contributed by atoms with Crippen LogP contribution in [0.4, 0.5) is 0 Å². The van der Waals surface area contributed by atoms with Gasteiger partial charge in [0.25, 0.3) is 0 Å². The van der Waals surface area contributed by atoms with Crippen molar-refractivity contribution in [2.75, 3.05) is 6.16 Å². The summed E-state index contributed by atoms with van der Waals surface area (Å²) >= 11 is 2.48. The first-order valence-corrected chi connectivity index (χ1v) is 10.1. The van der Waals surface area contributed by atoms with Crippen molar-refractivity contribution in [1.82, 2.24) is 0 Å². The zero-order chi connectivity index (χ0) is 11.6. The Kier molecular flexibility index (Phi) is 7.89. The lowest BCUT2D eigenvalue weighted by molar-refractivity contribution is 0.670. The zero-order valence-corrected chi connectivity index (χ0v) is 12.7. The molecular formula is C14H18IP. The number of rotatable bonds is 7. The van der Waals surface area contributed by atoms with Gasteiger partial charge < -0.3 is 0 Å². The number of halogens is 1. The van der Waals surface area contributed by atoms with Gasteiger partial charge in [-0.2, -0.15) is 0 Å². The van der Waals surface area contributed by atoms with Gasteiger partial charge in [-0.15, -0.1) is 6.42 Å². The molecule has 0 aromatic heterocycles. The van der Waals surface area contributed by atoms with Gasteiger partial charge in [-0.3, -0.25) is 0 Å². The van der Waals surface area contributed by atoms with Gasteiger partial charge in [0.05, 0.1) is 0 Å². The molecule has 1 unspecified atom stereocenters. The Hall–Kier alpha value is -0.0600. The van der Waals surface area contributed by atoms with E-state index in [1.54, 1.807) is 0 Å². The van der Waals surface area contributed by atoms with Gasteiger partial charge in [0.15, 0.2) is 0 Å². The zero-order valence-electron chi connectivity index (χ0n) is 9.51. The smallest absolute Gasteiger partial charge is 0.0242 e. The minimum atomic E-state index is 0.979. The fraction of sp³-hybridized carbons (Fsp3) is 0.429. The second kappa shape index (κ2) is 9.02. The number of hydrogen-bond acceptors (Lipinski definition) is 0. The molecule has 0 saturated carbocycles. The summed E-state index contributed by atoms with van der Waals surface area (Å²) in [6, 6.07) is 8.38.